The molecular weight excluding hydrogens is 933 g/mol. The van der Waals surface area contributed by atoms with E-state index in [1.165, 1.54) is 30.6 Å². The van der Waals surface area contributed by atoms with Gasteiger partial charge in [0, 0.05) is 30.6 Å². The van der Waals surface area contributed by atoms with Crippen LogP contribution in [-0.4, -0.2) is 121 Å². The van der Waals surface area contributed by atoms with Crippen molar-refractivity contribution in [1.82, 2.24) is 15.1 Å². The van der Waals surface area contributed by atoms with Crippen LogP contribution in [0, 0.1) is 34.5 Å². The Labute approximate surface area is 426 Å². The summed E-state index contributed by atoms with van der Waals surface area (Å²) in [5.74, 6) is 1.72. The number of alkyl carbamates (subject to hydrolysis) is 1. The van der Waals surface area contributed by atoms with Gasteiger partial charge in [-0.3, -0.25) is 9.59 Å². The van der Waals surface area contributed by atoms with E-state index in [4.69, 9.17) is 40.7 Å². The van der Waals surface area contributed by atoms with E-state index in [1.54, 1.807) is 9.80 Å². The summed E-state index contributed by atoms with van der Waals surface area (Å²) in [5.41, 5.74) is 8.03. The van der Waals surface area contributed by atoms with E-state index >= 15 is 0 Å². The van der Waals surface area contributed by atoms with Gasteiger partial charge in [0.2, 0.25) is 11.8 Å². The highest BCUT2D eigenvalue weighted by molar-refractivity contribution is 6.61. The highest BCUT2D eigenvalue weighted by Crippen LogP contribution is 2.67. The highest BCUT2D eigenvalue weighted by atomic mass is 35.5. The van der Waals surface area contributed by atoms with Crippen LogP contribution >= 0.6 is 24.0 Å². The second-order valence-electron chi connectivity index (χ2n) is 22.0. The molecule has 0 radical (unpaired) electrons. The molecule has 6 saturated carbocycles. The molecule has 10 fully saturated rings. The lowest BCUT2D eigenvalue weighted by atomic mass is 9.43. The molecule has 0 aromatic heterocycles. The Morgan fingerprint density at radius 2 is 1.17 bits per heavy atom. The van der Waals surface area contributed by atoms with Crippen molar-refractivity contribution in [3.8, 4) is 0 Å². The van der Waals surface area contributed by atoms with Gasteiger partial charge in [0.15, 0.2) is 0 Å². The number of ether oxygens (including phenoxy) is 2. The predicted octanol–water partition coefficient (Wildman–Crippen LogP) is 7.77. The third-order valence-electron chi connectivity index (χ3n) is 17.5. The summed E-state index contributed by atoms with van der Waals surface area (Å²) in [5, 5.41) is 3.01. The zero-order chi connectivity index (χ0) is 49.5. The summed E-state index contributed by atoms with van der Waals surface area (Å²) < 4.78 is 35.9. The first-order valence-electron chi connectivity index (χ1n) is 24.9. The molecular formula is C52H72B2Cl2N4O10. The number of hydrogen-bond donors (Lipinski definition) is 2. The van der Waals surface area contributed by atoms with Crippen molar-refractivity contribution >= 4 is 61.6 Å². The molecule has 6 aliphatic carbocycles. The Bertz CT molecular complexity index is 2210. The Morgan fingerprint density at radius 3 is 1.60 bits per heavy atom. The molecule has 0 unspecified atom stereocenters. The van der Waals surface area contributed by atoms with Crippen molar-refractivity contribution in [3.05, 3.63) is 97.1 Å². The van der Waals surface area contributed by atoms with Crippen molar-refractivity contribution < 1.29 is 47.3 Å². The average molecular weight is 1010 g/mol. The second-order valence-corrected chi connectivity index (χ2v) is 22.3. The number of nitrogens with one attached hydrogen (secondary N) is 1. The number of rotatable bonds is 13. The van der Waals surface area contributed by atoms with Crippen molar-refractivity contribution in [2.24, 2.45) is 40.2 Å². The van der Waals surface area contributed by atoms with E-state index in [1.807, 2.05) is 36.4 Å². The van der Waals surface area contributed by atoms with Crippen molar-refractivity contribution in [2.75, 3.05) is 26.3 Å². The number of amides is 3. The van der Waals surface area contributed by atoms with Gasteiger partial charge < -0.3 is 48.9 Å². The molecule has 18 heteroatoms. The fourth-order valence-corrected chi connectivity index (χ4v) is 12.9. The standard InChI is InChI=1S/C26H35BN2O5.C18H26BNO2.C8H10ClNO3.ClH/c1-5-23(30)29-12-11-19(29)16-32-24(31)28-22(13-17-9-7-6-8-10-17)27-33-21-15-18-14-20(25(18,2)3)26(21,4)34-27;1-17(2)13-10-14(17)18(3)15(11-13)21-19(22-18)16(20)9-12-7-5-4-6-8-12;1-2-7(11)10-4-3-6(10)5-13-8(9)12;/h5-10,18-22H,1,11-16H2,2-4H3,(H,28,31);4-8,13-16H,9-11,20H2,1-3H3;2,6H,1,3-5H2;1H/t18-,19-,20-,21+,22-,26-;13-,14-,15+,16-,18-;6-;/m000./s1. The topological polar surface area (TPSA) is 168 Å². The summed E-state index contributed by atoms with van der Waals surface area (Å²) in [6, 6.07) is 20.3. The van der Waals surface area contributed by atoms with E-state index in [2.05, 4.69) is 89.0 Å². The number of carbonyl (C=O) groups excluding carboxylic acids is 4. The number of likely N-dealkylation sites (tertiary alicyclic amines) is 2. The molecule has 380 valence electrons. The maximum Gasteiger partial charge on any atom is 0.482 e. The molecule has 4 saturated heterocycles. The van der Waals surface area contributed by atoms with Crippen LogP contribution in [-0.2, 0) is 50.5 Å². The van der Waals surface area contributed by atoms with Crippen LogP contribution in [0.5, 0.6) is 0 Å². The van der Waals surface area contributed by atoms with Gasteiger partial charge in [-0.25, -0.2) is 9.59 Å². The van der Waals surface area contributed by atoms with Crippen LogP contribution in [0.1, 0.15) is 91.2 Å². The summed E-state index contributed by atoms with van der Waals surface area (Å²) in [6.45, 7) is 22.4. The van der Waals surface area contributed by atoms with Gasteiger partial charge in [0.05, 0.1) is 41.4 Å². The maximum absolute atomic E-state index is 12.8. The van der Waals surface area contributed by atoms with Crippen LogP contribution in [0.3, 0.4) is 0 Å². The highest BCUT2D eigenvalue weighted by Gasteiger charge is 2.69. The molecule has 12 atom stereocenters. The molecule has 12 rings (SSSR count). The van der Waals surface area contributed by atoms with Gasteiger partial charge in [-0.15, -0.1) is 12.4 Å². The van der Waals surface area contributed by atoms with Crippen LogP contribution in [0.4, 0.5) is 9.59 Å². The fourth-order valence-electron chi connectivity index (χ4n) is 12.8. The summed E-state index contributed by atoms with van der Waals surface area (Å²) in [7, 11) is -0.814. The minimum absolute atomic E-state index is 0. The largest absolute Gasteiger partial charge is 0.482 e. The molecule has 70 heavy (non-hydrogen) atoms. The Balaban J connectivity index is 0.000000171. The summed E-state index contributed by atoms with van der Waals surface area (Å²) in [6.07, 6.45) is 9.87. The van der Waals surface area contributed by atoms with Gasteiger partial charge in [0.1, 0.15) is 13.2 Å². The van der Waals surface area contributed by atoms with Crippen molar-refractivity contribution in [2.45, 2.75) is 140 Å². The first-order valence-corrected chi connectivity index (χ1v) is 25.3. The van der Waals surface area contributed by atoms with Crippen LogP contribution in [0.25, 0.3) is 0 Å². The lowest BCUT2D eigenvalue weighted by Gasteiger charge is -2.64. The van der Waals surface area contributed by atoms with E-state index in [-0.39, 0.29) is 97.3 Å². The maximum atomic E-state index is 12.8. The van der Waals surface area contributed by atoms with Gasteiger partial charge in [-0.05, 0) is 123 Å². The molecule has 3 N–H and O–H groups in total. The predicted molar refractivity (Wildman–Crippen MR) is 272 cm³/mol. The third-order valence-corrected chi connectivity index (χ3v) is 17.6. The van der Waals surface area contributed by atoms with Gasteiger partial charge in [0.25, 0.3) is 0 Å². The van der Waals surface area contributed by atoms with E-state index in [9.17, 15) is 19.2 Å². The molecule has 2 aromatic carbocycles. The van der Waals surface area contributed by atoms with Gasteiger partial charge in [-0.2, -0.15) is 0 Å². The first-order chi connectivity index (χ1) is 32.8. The number of nitrogens with zero attached hydrogens (tertiary/aromatic N) is 2. The Hall–Kier alpha value is -3.89. The normalized spacial score (nSPS) is 32.7. The first kappa shape index (κ1) is 53.9. The molecule has 4 aliphatic heterocycles. The Kier molecular flexibility index (Phi) is 16.7. The molecule has 14 nitrogen and oxygen atoms in total. The van der Waals surface area contributed by atoms with Gasteiger partial charge >= 0.3 is 25.8 Å². The van der Waals surface area contributed by atoms with E-state index in [0.29, 0.717) is 42.7 Å². The average Bonchev–Trinajstić information content (AvgIpc) is 3.86. The van der Waals surface area contributed by atoms with Crippen molar-refractivity contribution in [1.29, 1.82) is 0 Å². The molecule has 10 aliphatic rings. The number of nitrogens with two attached hydrogens (primary N) is 1. The van der Waals surface area contributed by atoms with E-state index < -0.39 is 18.6 Å². The van der Waals surface area contributed by atoms with Crippen LogP contribution < -0.4 is 11.1 Å². The van der Waals surface area contributed by atoms with E-state index in [0.717, 1.165) is 43.6 Å². The second kappa shape index (κ2) is 21.7. The molecule has 3 amide bonds. The molecule has 4 heterocycles. The van der Waals surface area contributed by atoms with Crippen LogP contribution in [0.15, 0.2) is 86.0 Å². The SMILES string of the molecule is C=CC(=O)N1CC[C@H]1COC(=O)Cl.C=CC(=O)N1CC[C@H]1COC(=O)N[C@@H](Cc1ccccc1)B1O[C@@H]2C[C@@H]3C[C@@H](C3(C)C)[C@]2(C)O1.CC1(C)[C@@H]2C[C@H]3OB([C@@H](N)Cc4ccccc4)O[C@@]3(C)[C@H]1C2.Cl. The quantitative estimate of drug-likeness (QED) is 0.114. The zero-order valence-electron chi connectivity index (χ0n) is 41.6. The molecule has 0 spiro atoms. The summed E-state index contributed by atoms with van der Waals surface area (Å²) >= 11 is 4.98. The van der Waals surface area contributed by atoms with Crippen LogP contribution in [0.2, 0.25) is 0 Å². The Morgan fingerprint density at radius 1 is 0.729 bits per heavy atom. The fraction of sp³-hybridized carbons (Fsp3) is 0.615. The molecule has 4 bridgehead atoms. The summed E-state index contributed by atoms with van der Waals surface area (Å²) in [4.78, 5) is 49.2. The lowest BCUT2D eigenvalue weighted by molar-refractivity contribution is -0.199. The zero-order valence-corrected chi connectivity index (χ0v) is 43.2. The molecule has 2 aromatic rings. The van der Waals surface area contributed by atoms with Crippen molar-refractivity contribution in [3.63, 3.8) is 0 Å². The number of hydrogen-bond acceptors (Lipinski definition) is 11. The third kappa shape index (κ3) is 10.8. The number of benzene rings is 2. The minimum Gasteiger partial charge on any atom is -0.451 e. The monoisotopic (exact) mass is 1000 g/mol. The minimum atomic E-state index is -0.835. The lowest BCUT2D eigenvalue weighted by Crippen LogP contribution is -2.65. The number of halogens is 2. The smallest absolute Gasteiger partial charge is 0.451 e. The van der Waals surface area contributed by atoms with Gasteiger partial charge in [-0.1, -0.05) is 102 Å². The number of carbonyl (C=O) groups is 4.